The second-order valence-electron chi connectivity index (χ2n) is 6.57. The van der Waals surface area contributed by atoms with Gasteiger partial charge in [-0.3, -0.25) is 9.59 Å². The second kappa shape index (κ2) is 14.0. The van der Waals surface area contributed by atoms with Crippen LogP contribution in [0.3, 0.4) is 0 Å². The van der Waals surface area contributed by atoms with Gasteiger partial charge in [0.15, 0.2) is 0 Å². The molecule has 1 aliphatic carbocycles. The van der Waals surface area contributed by atoms with Crippen molar-refractivity contribution in [2.45, 2.75) is 19.8 Å². The first-order valence-electron chi connectivity index (χ1n) is 9.76. The summed E-state index contributed by atoms with van der Waals surface area (Å²) in [6.45, 7) is 9.67. The Labute approximate surface area is 193 Å². The number of halogens is 1. The van der Waals surface area contributed by atoms with Crippen molar-refractivity contribution < 1.29 is 14.3 Å². The normalized spacial score (nSPS) is 13.2. The first-order valence-corrected chi connectivity index (χ1v) is 10.6. The lowest BCUT2D eigenvalue weighted by Crippen LogP contribution is -2.32. The van der Waals surface area contributed by atoms with Gasteiger partial charge >= 0.3 is 5.97 Å². The molecule has 0 saturated carbocycles. The number of esters is 1. The fourth-order valence-electron chi connectivity index (χ4n) is 2.55. The molecule has 0 bridgehead atoms. The van der Waals surface area contributed by atoms with E-state index in [1.165, 1.54) is 12.7 Å². The first-order chi connectivity index (χ1) is 14.8. The van der Waals surface area contributed by atoms with Gasteiger partial charge in [0.1, 0.15) is 12.4 Å². The lowest BCUT2D eigenvalue weighted by atomic mass is 9.97. The van der Waals surface area contributed by atoms with Gasteiger partial charge in [-0.1, -0.05) is 67.3 Å². The van der Waals surface area contributed by atoms with Gasteiger partial charge in [-0.15, -0.1) is 0 Å². The summed E-state index contributed by atoms with van der Waals surface area (Å²) in [6, 6.07) is 12.0. The van der Waals surface area contributed by atoms with Gasteiger partial charge in [-0.05, 0) is 41.3 Å². The van der Waals surface area contributed by atoms with Crippen LogP contribution in [0.1, 0.15) is 19.8 Å². The highest BCUT2D eigenvalue weighted by atomic mass is 79.9. The molecule has 1 aromatic rings. The summed E-state index contributed by atoms with van der Waals surface area (Å²) in [7, 11) is 2.97. The fraction of sp³-hybridized carbons (Fsp3) is 0.250. The number of methoxy groups -OCH3 is 1. The van der Waals surface area contributed by atoms with Crippen molar-refractivity contribution in [1.29, 1.82) is 0 Å². The number of allylic oxidation sites excluding steroid dienone is 3. The molecular weight excluding hydrogens is 458 g/mol. The Bertz CT molecular complexity index is 860. The highest BCUT2D eigenvalue weighted by molar-refractivity contribution is 9.12. The summed E-state index contributed by atoms with van der Waals surface area (Å²) in [5, 5.41) is 8.59. The van der Waals surface area contributed by atoms with E-state index in [-0.39, 0.29) is 12.1 Å². The second-order valence-corrected chi connectivity index (χ2v) is 7.36. The van der Waals surface area contributed by atoms with Gasteiger partial charge < -0.3 is 20.7 Å². The third-order valence-corrected chi connectivity index (χ3v) is 5.20. The molecular formula is C24H30BrN3O3. The highest BCUT2D eigenvalue weighted by Gasteiger charge is 2.17. The van der Waals surface area contributed by atoms with Gasteiger partial charge in [0.05, 0.1) is 17.2 Å². The van der Waals surface area contributed by atoms with Crippen molar-refractivity contribution in [3.05, 3.63) is 94.4 Å². The summed E-state index contributed by atoms with van der Waals surface area (Å²) >= 11 is 3.37. The minimum atomic E-state index is -0.534. The van der Waals surface area contributed by atoms with Crippen LogP contribution >= 0.6 is 15.9 Å². The largest absolute Gasteiger partial charge is 0.468 e. The molecule has 0 spiro atoms. The predicted octanol–water partition coefficient (Wildman–Crippen LogP) is 4.07. The lowest BCUT2D eigenvalue weighted by molar-refractivity contribution is -0.140. The lowest BCUT2D eigenvalue weighted by Gasteiger charge is -2.20. The number of amides is 1. The molecule has 0 aliphatic heterocycles. The number of hydrogen-bond acceptors (Lipinski definition) is 5. The van der Waals surface area contributed by atoms with Crippen LogP contribution in [0.5, 0.6) is 0 Å². The molecule has 7 heteroatoms. The Morgan fingerprint density at radius 2 is 1.71 bits per heavy atom. The van der Waals surface area contributed by atoms with E-state index in [9.17, 15) is 9.59 Å². The molecule has 31 heavy (non-hydrogen) atoms. The maximum Gasteiger partial charge on any atom is 0.325 e. The SMILES string of the molecule is C=C(N/C(NC)=C(\Br)C(=C)C(=O)NCC(=O)OC)C1=C(C)CCC=C1.c1ccccc1. The van der Waals surface area contributed by atoms with Crippen LogP contribution in [0.4, 0.5) is 0 Å². The zero-order valence-corrected chi connectivity index (χ0v) is 19.8. The summed E-state index contributed by atoms with van der Waals surface area (Å²) in [5.41, 5.74) is 3.18. The van der Waals surface area contributed by atoms with Crippen LogP contribution in [0, 0.1) is 0 Å². The smallest absolute Gasteiger partial charge is 0.325 e. The van der Waals surface area contributed by atoms with E-state index in [0.717, 1.165) is 24.1 Å². The monoisotopic (exact) mass is 487 g/mol. The molecule has 2 rings (SSSR count). The molecule has 0 radical (unpaired) electrons. The maximum absolute atomic E-state index is 12.1. The average Bonchev–Trinajstić information content (AvgIpc) is 2.81. The van der Waals surface area contributed by atoms with Crippen LogP contribution in [0.15, 0.2) is 94.4 Å². The van der Waals surface area contributed by atoms with Gasteiger partial charge in [0, 0.05) is 12.7 Å². The summed E-state index contributed by atoms with van der Waals surface area (Å²) < 4.78 is 4.93. The third-order valence-electron chi connectivity index (χ3n) is 4.33. The first kappa shape index (κ1) is 26.0. The summed E-state index contributed by atoms with van der Waals surface area (Å²) in [6.07, 6.45) is 6.16. The van der Waals surface area contributed by atoms with Crippen molar-refractivity contribution in [3.63, 3.8) is 0 Å². The van der Waals surface area contributed by atoms with E-state index in [4.69, 9.17) is 0 Å². The van der Waals surface area contributed by atoms with Crippen LogP contribution in [-0.2, 0) is 14.3 Å². The number of carbonyl (C=O) groups excluding carboxylic acids is 2. The molecule has 1 amide bonds. The molecule has 0 aromatic heterocycles. The van der Waals surface area contributed by atoms with Crippen LogP contribution < -0.4 is 16.0 Å². The van der Waals surface area contributed by atoms with Crippen molar-refractivity contribution >= 4 is 27.8 Å². The number of rotatable bonds is 8. The Morgan fingerprint density at radius 3 is 2.19 bits per heavy atom. The van der Waals surface area contributed by atoms with Gasteiger partial charge in [0.25, 0.3) is 5.91 Å². The summed E-state index contributed by atoms with van der Waals surface area (Å²) in [5.74, 6) is -0.471. The molecule has 0 saturated heterocycles. The summed E-state index contributed by atoms with van der Waals surface area (Å²) in [4.78, 5) is 23.2. The van der Waals surface area contributed by atoms with E-state index in [1.54, 1.807) is 7.05 Å². The van der Waals surface area contributed by atoms with Crippen molar-refractivity contribution in [3.8, 4) is 0 Å². The fourth-order valence-corrected chi connectivity index (χ4v) is 3.03. The third kappa shape index (κ3) is 9.09. The number of carbonyl (C=O) groups is 2. The molecule has 0 heterocycles. The van der Waals surface area contributed by atoms with Crippen LogP contribution in [0.25, 0.3) is 0 Å². The predicted molar refractivity (Wildman–Crippen MR) is 129 cm³/mol. The van der Waals surface area contributed by atoms with E-state index in [2.05, 4.69) is 62.8 Å². The molecule has 1 aliphatic rings. The average molecular weight is 488 g/mol. The standard InChI is InChI=1S/C18H24BrN3O3.C6H6/c1-11-8-6-7-9-14(11)13(3)22-17(20-4)16(19)12(2)18(24)21-10-15(23)25-5;1-2-4-6-5-3-1/h7,9,20,22H,2-3,6,8,10H2,1,4-5H3,(H,21,24);1-6H/b17-16-;. The van der Waals surface area contributed by atoms with Crippen molar-refractivity contribution in [2.75, 3.05) is 20.7 Å². The van der Waals surface area contributed by atoms with Gasteiger partial charge in [-0.25, -0.2) is 0 Å². The van der Waals surface area contributed by atoms with E-state index >= 15 is 0 Å². The topological polar surface area (TPSA) is 79.5 Å². The Balaban J connectivity index is 0.000000683. The van der Waals surface area contributed by atoms with Gasteiger partial charge in [-0.2, -0.15) is 0 Å². The zero-order valence-electron chi connectivity index (χ0n) is 18.3. The number of ether oxygens (including phenoxy) is 1. The zero-order chi connectivity index (χ0) is 23.2. The molecule has 0 unspecified atom stereocenters. The van der Waals surface area contributed by atoms with E-state index < -0.39 is 11.9 Å². The van der Waals surface area contributed by atoms with E-state index in [1.807, 2.05) is 42.5 Å². The molecule has 6 nitrogen and oxygen atoms in total. The van der Waals surface area contributed by atoms with Crippen LogP contribution in [-0.4, -0.2) is 32.6 Å². The number of benzene rings is 1. The Morgan fingerprint density at radius 1 is 1.13 bits per heavy atom. The van der Waals surface area contributed by atoms with Crippen LogP contribution in [0.2, 0.25) is 0 Å². The molecule has 0 atom stereocenters. The maximum atomic E-state index is 12.1. The van der Waals surface area contributed by atoms with Gasteiger partial charge in [0.2, 0.25) is 0 Å². The molecule has 166 valence electrons. The Hall–Kier alpha value is -3.06. The quantitative estimate of drug-likeness (QED) is 0.292. The van der Waals surface area contributed by atoms with E-state index in [0.29, 0.717) is 10.3 Å². The molecule has 1 aromatic carbocycles. The minimum absolute atomic E-state index is 0.165. The Kier molecular flexibility index (Phi) is 11.8. The molecule has 3 N–H and O–H groups in total. The number of nitrogens with one attached hydrogen (secondary N) is 3. The highest BCUT2D eigenvalue weighted by Crippen LogP contribution is 2.24. The van der Waals surface area contributed by atoms with Crippen molar-refractivity contribution in [2.24, 2.45) is 0 Å². The minimum Gasteiger partial charge on any atom is -0.468 e. The number of hydrogen-bond donors (Lipinski definition) is 3. The molecule has 0 fully saturated rings. The van der Waals surface area contributed by atoms with Crippen molar-refractivity contribution in [1.82, 2.24) is 16.0 Å².